The Balaban J connectivity index is 3.73. The summed E-state index contributed by atoms with van der Waals surface area (Å²) in [7, 11) is -5.42. The maximum absolute atomic E-state index is 11.4. The number of alkyl halides is 2. The van der Waals surface area contributed by atoms with Gasteiger partial charge in [0.05, 0.1) is 0 Å². The molecule has 0 heterocycles. The number of amides is 1. The van der Waals surface area contributed by atoms with Crippen LogP contribution in [0.5, 0.6) is 0 Å². The molecule has 2 N–H and O–H groups in total. The number of hydroxylamine groups is 1. The summed E-state index contributed by atoms with van der Waals surface area (Å²) in [6.07, 6.45) is -3.43. The first-order valence-corrected chi connectivity index (χ1v) is 3.59. The van der Waals surface area contributed by atoms with Gasteiger partial charge < -0.3 is 0 Å². The van der Waals surface area contributed by atoms with Gasteiger partial charge in [-0.25, -0.2) is 10.0 Å². The fraction of sp³-hybridized carbons (Fsp3) is 0.500. The molecule has 0 radical (unpaired) electrons. The summed E-state index contributed by atoms with van der Waals surface area (Å²) >= 11 is 0. The third-order valence-electron chi connectivity index (χ3n) is 0.457. The maximum Gasteiger partial charge on any atom is 0.532 e. The standard InChI is InChI=1S/C2H3F3NO4P/c3-1(4)2(7)6-10-11(5,8)9/h1H,(H,6,7)(H,8,9). The largest absolute Gasteiger partial charge is 0.532 e. The molecule has 0 aromatic rings. The van der Waals surface area contributed by atoms with E-state index in [4.69, 9.17) is 4.89 Å². The Labute approximate surface area is 58.8 Å². The minimum absolute atomic E-state index is 0.745. The van der Waals surface area contributed by atoms with E-state index in [1.54, 1.807) is 0 Å². The summed E-state index contributed by atoms with van der Waals surface area (Å²) in [4.78, 5) is 17.5. The summed E-state index contributed by atoms with van der Waals surface area (Å²) < 4.78 is 46.4. The molecular formula is C2H3F3NO4P. The quantitative estimate of drug-likeness (QED) is 0.501. The van der Waals surface area contributed by atoms with E-state index in [1.807, 2.05) is 0 Å². The normalized spacial score (nSPS) is 16.1. The van der Waals surface area contributed by atoms with Crippen LogP contribution in [0.3, 0.4) is 0 Å². The SMILES string of the molecule is O=C(NOP(=O)(O)F)C(F)F. The molecule has 0 fully saturated rings. The van der Waals surface area contributed by atoms with E-state index in [2.05, 4.69) is 4.62 Å². The number of halogens is 3. The van der Waals surface area contributed by atoms with E-state index < -0.39 is 20.2 Å². The number of hydrogen-bond acceptors (Lipinski definition) is 3. The van der Waals surface area contributed by atoms with Crippen molar-refractivity contribution < 1.29 is 31.9 Å². The molecule has 0 spiro atoms. The molecule has 0 aliphatic carbocycles. The molecule has 1 amide bonds. The Kier molecular flexibility index (Phi) is 3.50. The lowest BCUT2D eigenvalue weighted by Gasteiger charge is -2.02. The molecule has 0 bridgehead atoms. The maximum atomic E-state index is 11.4. The Morgan fingerprint density at radius 2 is 2.09 bits per heavy atom. The number of hydrogen-bond donors (Lipinski definition) is 2. The Bertz CT molecular complexity index is 190. The van der Waals surface area contributed by atoms with Crippen LogP contribution in [-0.2, 0) is 14.0 Å². The summed E-state index contributed by atoms with van der Waals surface area (Å²) in [5, 5.41) is 0. The fourth-order valence-electron chi connectivity index (χ4n) is 0.146. The molecule has 66 valence electrons. The summed E-state index contributed by atoms with van der Waals surface area (Å²) in [5.74, 6) is -1.99. The first kappa shape index (κ1) is 10.4. The summed E-state index contributed by atoms with van der Waals surface area (Å²) in [6, 6.07) is 0. The summed E-state index contributed by atoms with van der Waals surface area (Å²) in [6.45, 7) is 0. The van der Waals surface area contributed by atoms with Crippen molar-refractivity contribution in [2.24, 2.45) is 0 Å². The van der Waals surface area contributed by atoms with Gasteiger partial charge in [0.1, 0.15) is 0 Å². The van der Waals surface area contributed by atoms with Gasteiger partial charge in [0, 0.05) is 0 Å². The lowest BCUT2D eigenvalue weighted by atomic mass is 10.7. The predicted octanol–water partition coefficient (Wildman–Crippen LogP) is 0.369. The number of carbonyl (C=O) groups excluding carboxylic acids is 1. The second-order valence-electron chi connectivity index (χ2n) is 1.31. The lowest BCUT2D eigenvalue weighted by Crippen LogP contribution is -2.28. The zero-order valence-electron chi connectivity index (χ0n) is 4.83. The molecule has 0 aliphatic heterocycles. The van der Waals surface area contributed by atoms with Gasteiger partial charge in [-0.2, -0.15) is 13.4 Å². The molecule has 0 aromatic heterocycles. The van der Waals surface area contributed by atoms with Gasteiger partial charge in [-0.3, -0.25) is 9.69 Å². The average Bonchev–Trinajstić information content (AvgIpc) is 1.80. The first-order chi connectivity index (χ1) is 4.83. The minimum Gasteiger partial charge on any atom is -0.298 e. The van der Waals surface area contributed by atoms with E-state index in [0.29, 0.717) is 0 Å². The van der Waals surface area contributed by atoms with Crippen LogP contribution in [-0.4, -0.2) is 17.2 Å². The molecule has 0 rings (SSSR count). The topological polar surface area (TPSA) is 75.6 Å². The molecular weight excluding hydrogens is 190 g/mol. The van der Waals surface area contributed by atoms with Crippen LogP contribution in [0.25, 0.3) is 0 Å². The van der Waals surface area contributed by atoms with Crippen LogP contribution >= 0.6 is 7.91 Å². The Morgan fingerprint density at radius 1 is 1.64 bits per heavy atom. The van der Waals surface area contributed by atoms with Gasteiger partial charge in [0.2, 0.25) is 0 Å². The van der Waals surface area contributed by atoms with Gasteiger partial charge in [-0.1, -0.05) is 0 Å². The number of carbonyl (C=O) groups is 1. The highest BCUT2D eigenvalue weighted by Crippen LogP contribution is 2.41. The highest BCUT2D eigenvalue weighted by molar-refractivity contribution is 7.46. The van der Waals surface area contributed by atoms with E-state index in [0.717, 1.165) is 5.48 Å². The number of rotatable bonds is 3. The van der Waals surface area contributed by atoms with Crippen molar-refractivity contribution in [2.45, 2.75) is 6.43 Å². The van der Waals surface area contributed by atoms with Crippen LogP contribution in [0.2, 0.25) is 0 Å². The molecule has 0 saturated heterocycles. The van der Waals surface area contributed by atoms with Crippen LogP contribution in [0.1, 0.15) is 0 Å². The fourth-order valence-corrected chi connectivity index (χ4v) is 0.348. The smallest absolute Gasteiger partial charge is 0.298 e. The van der Waals surface area contributed by atoms with Gasteiger partial charge >= 0.3 is 20.2 Å². The molecule has 11 heavy (non-hydrogen) atoms. The van der Waals surface area contributed by atoms with Crippen molar-refractivity contribution >= 4 is 13.8 Å². The Morgan fingerprint density at radius 3 is 2.36 bits per heavy atom. The zero-order chi connectivity index (χ0) is 9.07. The molecule has 0 aromatic carbocycles. The second kappa shape index (κ2) is 3.70. The van der Waals surface area contributed by atoms with Crippen LogP contribution in [0.4, 0.5) is 13.0 Å². The lowest BCUT2D eigenvalue weighted by molar-refractivity contribution is -0.139. The molecule has 5 nitrogen and oxygen atoms in total. The first-order valence-electron chi connectivity index (χ1n) is 2.12. The van der Waals surface area contributed by atoms with Crippen LogP contribution < -0.4 is 5.48 Å². The van der Waals surface area contributed by atoms with E-state index >= 15 is 0 Å². The van der Waals surface area contributed by atoms with Crippen LogP contribution in [0, 0.1) is 0 Å². The third-order valence-corrected chi connectivity index (χ3v) is 0.774. The zero-order valence-corrected chi connectivity index (χ0v) is 5.72. The monoisotopic (exact) mass is 193 g/mol. The van der Waals surface area contributed by atoms with Crippen molar-refractivity contribution in [3.8, 4) is 0 Å². The van der Waals surface area contributed by atoms with Gasteiger partial charge in [0.25, 0.3) is 0 Å². The molecule has 0 saturated carbocycles. The van der Waals surface area contributed by atoms with Crippen molar-refractivity contribution in [3.63, 3.8) is 0 Å². The van der Waals surface area contributed by atoms with Crippen molar-refractivity contribution in [1.82, 2.24) is 5.48 Å². The predicted molar refractivity (Wildman–Crippen MR) is 26.2 cm³/mol. The third kappa shape index (κ3) is 5.84. The summed E-state index contributed by atoms with van der Waals surface area (Å²) in [5.41, 5.74) is 0.745. The molecule has 0 aliphatic rings. The van der Waals surface area contributed by atoms with Crippen molar-refractivity contribution in [3.05, 3.63) is 0 Å². The van der Waals surface area contributed by atoms with Crippen LogP contribution in [0.15, 0.2) is 0 Å². The highest BCUT2D eigenvalue weighted by atomic mass is 31.2. The molecule has 9 heteroatoms. The van der Waals surface area contributed by atoms with E-state index in [-0.39, 0.29) is 0 Å². The van der Waals surface area contributed by atoms with Gasteiger partial charge in [0.15, 0.2) is 0 Å². The van der Waals surface area contributed by atoms with Crippen molar-refractivity contribution in [2.75, 3.05) is 0 Å². The van der Waals surface area contributed by atoms with Gasteiger partial charge in [-0.15, -0.1) is 4.20 Å². The van der Waals surface area contributed by atoms with Crippen molar-refractivity contribution in [1.29, 1.82) is 0 Å². The second-order valence-corrected chi connectivity index (χ2v) is 2.40. The van der Waals surface area contributed by atoms with E-state index in [1.165, 1.54) is 0 Å². The Hall–Kier alpha value is -0.590. The highest BCUT2D eigenvalue weighted by Gasteiger charge is 2.23. The minimum atomic E-state index is -5.42. The molecule has 1 unspecified atom stereocenters. The molecule has 1 atom stereocenters. The van der Waals surface area contributed by atoms with E-state index in [9.17, 15) is 22.3 Å². The number of nitrogens with one attached hydrogen (secondary N) is 1. The average molecular weight is 193 g/mol. The van der Waals surface area contributed by atoms with Gasteiger partial charge in [-0.05, 0) is 0 Å².